The number of nitrogens with zero attached hydrogens (tertiary/aromatic N) is 3. The number of amides is 1. The van der Waals surface area contributed by atoms with Crippen LogP contribution in [0.25, 0.3) is 5.69 Å². The van der Waals surface area contributed by atoms with E-state index in [1.165, 1.54) is 0 Å². The van der Waals surface area contributed by atoms with Crippen LogP contribution in [-0.2, 0) is 11.2 Å². The minimum absolute atomic E-state index is 0.203. The summed E-state index contributed by atoms with van der Waals surface area (Å²) in [6.07, 6.45) is 5.28. The first-order valence-electron chi connectivity index (χ1n) is 6.20. The Morgan fingerprint density at radius 2 is 2.00 bits per heavy atom. The molecule has 0 radical (unpaired) electrons. The third-order valence-electron chi connectivity index (χ3n) is 3.22. The molecule has 1 saturated heterocycles. The zero-order chi connectivity index (χ0) is 12.4. The summed E-state index contributed by atoms with van der Waals surface area (Å²) >= 11 is 0. The van der Waals surface area contributed by atoms with E-state index in [9.17, 15) is 4.79 Å². The first-order valence-corrected chi connectivity index (χ1v) is 6.20. The van der Waals surface area contributed by atoms with Crippen molar-refractivity contribution in [2.24, 2.45) is 0 Å². The fraction of sp³-hybridized carbons (Fsp3) is 0.286. The molecule has 2 heterocycles. The van der Waals surface area contributed by atoms with Crippen molar-refractivity contribution < 1.29 is 4.79 Å². The Morgan fingerprint density at radius 3 is 2.67 bits per heavy atom. The van der Waals surface area contributed by atoms with Crippen LogP contribution >= 0.6 is 0 Å². The van der Waals surface area contributed by atoms with Crippen molar-refractivity contribution in [3.63, 3.8) is 0 Å². The second kappa shape index (κ2) is 4.64. The molecule has 1 aromatic heterocycles. The molecule has 92 valence electrons. The van der Waals surface area contributed by atoms with Gasteiger partial charge in [0.15, 0.2) is 0 Å². The van der Waals surface area contributed by atoms with E-state index in [1.807, 2.05) is 41.4 Å². The topological polar surface area (TPSA) is 38.1 Å². The number of aromatic nitrogens is 2. The number of benzene rings is 1. The van der Waals surface area contributed by atoms with Gasteiger partial charge >= 0.3 is 0 Å². The number of carbonyl (C=O) groups is 1. The molecule has 1 aliphatic rings. The van der Waals surface area contributed by atoms with Crippen LogP contribution in [0.2, 0.25) is 0 Å². The summed E-state index contributed by atoms with van der Waals surface area (Å²) in [5.41, 5.74) is 1.98. The van der Waals surface area contributed by atoms with Gasteiger partial charge in [-0.25, -0.2) is 4.68 Å². The monoisotopic (exact) mass is 241 g/mol. The number of hydrogen-bond acceptors (Lipinski definition) is 2. The van der Waals surface area contributed by atoms with Gasteiger partial charge in [-0.3, -0.25) is 4.79 Å². The number of likely N-dealkylation sites (tertiary alicyclic amines) is 1. The summed E-state index contributed by atoms with van der Waals surface area (Å²) in [7, 11) is 0. The predicted molar refractivity (Wildman–Crippen MR) is 68.5 cm³/mol. The van der Waals surface area contributed by atoms with Gasteiger partial charge in [-0.15, -0.1) is 0 Å². The minimum Gasteiger partial charge on any atom is -0.342 e. The van der Waals surface area contributed by atoms with Gasteiger partial charge in [-0.2, -0.15) is 5.10 Å². The zero-order valence-corrected chi connectivity index (χ0v) is 10.1. The van der Waals surface area contributed by atoms with Gasteiger partial charge in [0.2, 0.25) is 5.91 Å². The smallest absolute Gasteiger partial charge is 0.227 e. The van der Waals surface area contributed by atoms with Crippen LogP contribution in [0.15, 0.2) is 42.7 Å². The van der Waals surface area contributed by atoms with Gasteiger partial charge in [0.05, 0.1) is 18.3 Å². The Bertz CT molecular complexity index is 543. The molecule has 0 N–H and O–H groups in total. The van der Waals surface area contributed by atoms with Crippen LogP contribution in [0.1, 0.15) is 12.0 Å². The van der Waals surface area contributed by atoms with Gasteiger partial charge in [0, 0.05) is 19.3 Å². The van der Waals surface area contributed by atoms with Crippen molar-refractivity contribution in [3.05, 3.63) is 48.3 Å². The molecule has 1 amide bonds. The van der Waals surface area contributed by atoms with E-state index < -0.39 is 0 Å². The van der Waals surface area contributed by atoms with E-state index in [-0.39, 0.29) is 5.91 Å². The number of hydrogen-bond donors (Lipinski definition) is 0. The van der Waals surface area contributed by atoms with Crippen LogP contribution in [-0.4, -0.2) is 33.7 Å². The maximum absolute atomic E-state index is 11.8. The quantitative estimate of drug-likeness (QED) is 0.819. The lowest BCUT2D eigenvalue weighted by Crippen LogP contribution is -2.42. The summed E-state index contributed by atoms with van der Waals surface area (Å²) in [5, 5.41) is 4.29. The first-order chi connectivity index (χ1) is 8.83. The highest BCUT2D eigenvalue weighted by molar-refractivity contribution is 5.79. The highest BCUT2D eigenvalue weighted by atomic mass is 16.2. The Kier molecular flexibility index (Phi) is 2.84. The molecule has 1 fully saturated rings. The van der Waals surface area contributed by atoms with Crippen LogP contribution in [0.4, 0.5) is 0 Å². The lowest BCUT2D eigenvalue weighted by atomic mass is 10.1. The molecule has 2 aromatic rings. The van der Waals surface area contributed by atoms with E-state index in [4.69, 9.17) is 0 Å². The molecular weight excluding hydrogens is 226 g/mol. The van der Waals surface area contributed by atoms with E-state index in [0.29, 0.717) is 6.42 Å². The minimum atomic E-state index is 0.203. The fourth-order valence-electron chi connectivity index (χ4n) is 2.03. The standard InChI is InChI=1S/C14H15N3O/c18-14(16-7-4-8-16)9-12-10-15-17(11-12)13-5-2-1-3-6-13/h1-3,5-6,10-11H,4,7-9H2. The average Bonchev–Trinajstić information content (AvgIpc) is 2.76. The normalized spacial score (nSPS) is 14.3. The Balaban J connectivity index is 1.71. The zero-order valence-electron chi connectivity index (χ0n) is 10.1. The molecule has 0 saturated carbocycles. The van der Waals surface area contributed by atoms with Crippen LogP contribution in [0, 0.1) is 0 Å². The summed E-state index contributed by atoms with van der Waals surface area (Å²) in [6.45, 7) is 1.82. The maximum Gasteiger partial charge on any atom is 0.227 e. The molecule has 0 unspecified atom stereocenters. The molecule has 0 atom stereocenters. The van der Waals surface area contributed by atoms with E-state index >= 15 is 0 Å². The van der Waals surface area contributed by atoms with Crippen molar-refractivity contribution in [2.45, 2.75) is 12.8 Å². The van der Waals surface area contributed by atoms with E-state index in [2.05, 4.69) is 5.10 Å². The molecule has 18 heavy (non-hydrogen) atoms. The van der Waals surface area contributed by atoms with Crippen molar-refractivity contribution >= 4 is 5.91 Å². The number of para-hydroxylation sites is 1. The predicted octanol–water partition coefficient (Wildman–Crippen LogP) is 1.65. The van der Waals surface area contributed by atoms with Gasteiger partial charge < -0.3 is 4.90 Å². The maximum atomic E-state index is 11.8. The molecule has 3 rings (SSSR count). The summed E-state index contributed by atoms with van der Waals surface area (Å²) in [5.74, 6) is 0.203. The summed E-state index contributed by atoms with van der Waals surface area (Å²) in [4.78, 5) is 13.7. The summed E-state index contributed by atoms with van der Waals surface area (Å²) < 4.78 is 1.80. The highest BCUT2D eigenvalue weighted by Gasteiger charge is 2.20. The van der Waals surface area contributed by atoms with Gasteiger partial charge in [-0.05, 0) is 24.1 Å². The molecule has 1 aromatic carbocycles. The number of carbonyl (C=O) groups excluding carboxylic acids is 1. The molecule has 0 bridgehead atoms. The van der Waals surface area contributed by atoms with Crippen LogP contribution in [0.5, 0.6) is 0 Å². The lowest BCUT2D eigenvalue weighted by Gasteiger charge is -2.30. The number of rotatable bonds is 3. The van der Waals surface area contributed by atoms with Crippen molar-refractivity contribution in [1.82, 2.24) is 14.7 Å². The second-order valence-corrected chi connectivity index (χ2v) is 4.54. The van der Waals surface area contributed by atoms with Gasteiger partial charge in [0.25, 0.3) is 0 Å². The molecule has 1 aliphatic heterocycles. The van der Waals surface area contributed by atoms with E-state index in [1.54, 1.807) is 10.9 Å². The average molecular weight is 241 g/mol. The van der Waals surface area contributed by atoms with Crippen LogP contribution in [0.3, 0.4) is 0 Å². The fourth-order valence-corrected chi connectivity index (χ4v) is 2.03. The van der Waals surface area contributed by atoms with Gasteiger partial charge in [0.1, 0.15) is 0 Å². The largest absolute Gasteiger partial charge is 0.342 e. The lowest BCUT2D eigenvalue weighted by molar-refractivity contribution is -0.133. The summed E-state index contributed by atoms with van der Waals surface area (Å²) in [6, 6.07) is 9.91. The van der Waals surface area contributed by atoms with Crippen LogP contribution < -0.4 is 0 Å². The molecule has 4 nitrogen and oxygen atoms in total. The Hall–Kier alpha value is -2.10. The molecule has 0 spiro atoms. The Morgan fingerprint density at radius 1 is 1.22 bits per heavy atom. The molecule has 4 heteroatoms. The van der Waals surface area contributed by atoms with E-state index in [0.717, 1.165) is 30.8 Å². The second-order valence-electron chi connectivity index (χ2n) is 4.54. The highest BCUT2D eigenvalue weighted by Crippen LogP contribution is 2.11. The third-order valence-corrected chi connectivity index (χ3v) is 3.22. The molecular formula is C14H15N3O. The SMILES string of the molecule is O=C(Cc1cnn(-c2ccccc2)c1)N1CCC1. The Labute approximate surface area is 106 Å². The van der Waals surface area contributed by atoms with Crippen molar-refractivity contribution in [2.75, 3.05) is 13.1 Å². The first kappa shape index (κ1) is 11.0. The third kappa shape index (κ3) is 2.14. The van der Waals surface area contributed by atoms with Crippen molar-refractivity contribution in [3.8, 4) is 5.69 Å². The molecule has 0 aliphatic carbocycles. The van der Waals surface area contributed by atoms with Gasteiger partial charge in [-0.1, -0.05) is 18.2 Å². The van der Waals surface area contributed by atoms with Crippen molar-refractivity contribution in [1.29, 1.82) is 0 Å².